The molecule has 18 aromatic rings. The molecule has 36 heteroatoms. The highest BCUT2D eigenvalue weighted by atomic mass is 32.1. The van der Waals surface area contributed by atoms with E-state index >= 15 is 0 Å². The summed E-state index contributed by atoms with van der Waals surface area (Å²) in [5, 5.41) is 48.9. The topological polar surface area (TPSA) is 402 Å². The summed E-state index contributed by atoms with van der Waals surface area (Å²) in [5.74, 6) is 0. The molecule has 96 heavy (non-hydrogen) atoms. The van der Waals surface area contributed by atoms with Crippen molar-refractivity contribution in [1.29, 1.82) is 0 Å². The van der Waals surface area contributed by atoms with Gasteiger partial charge in [0.05, 0.1) is 92.2 Å². The molecule has 0 amide bonds. The Morgan fingerprint density at radius 1 is 0.375 bits per heavy atom. The molecule has 1 aliphatic rings. The molecular weight excluding hydrogens is 1350 g/mol. The van der Waals surface area contributed by atoms with Crippen LogP contribution in [0.5, 0.6) is 0 Å². The minimum Gasteiger partial charge on any atom is -0.473 e. The molecule has 0 saturated heterocycles. The van der Waals surface area contributed by atoms with E-state index in [4.69, 9.17) is 0 Å². The van der Waals surface area contributed by atoms with E-state index in [1.165, 1.54) is 61.0 Å². The van der Waals surface area contributed by atoms with Gasteiger partial charge in [0.15, 0.2) is 12.8 Å². The lowest BCUT2D eigenvalue weighted by atomic mass is 10.7. The summed E-state index contributed by atoms with van der Waals surface area (Å²) in [6.45, 7) is 0.778. The monoisotopic (exact) mass is 1420 g/mol. The van der Waals surface area contributed by atoms with Crippen LogP contribution in [0.3, 0.4) is 0 Å². The lowest BCUT2D eigenvalue weighted by Gasteiger charge is -1.56. The van der Waals surface area contributed by atoms with Crippen LogP contribution in [0.4, 0.5) is 0 Å². The SMILES string of the molecule is C.C1=NC=NC1.c1c[nH]cn1.c1cc[nH]c1.c1cc[nH]c1.c1ccoc1.c1ccoc1.c1ccoc1.c1ccsc1.c1ccsc1.c1ccsc1.c1cn[nH]c1.c1cn[nH]n1.c1cnoc1.c1cocn1.c1cocn1.c1cscn1.c1ncsn1.c1nnno1.c1nnns1. The number of nitrogens with zero attached hydrogens (tertiary/aromatic N) is 18. The summed E-state index contributed by atoms with van der Waals surface area (Å²) in [6, 6.07) is 34.4. The third kappa shape index (κ3) is 77.9. The zero-order chi connectivity index (χ0) is 67.2. The van der Waals surface area contributed by atoms with E-state index in [-0.39, 0.29) is 7.43 Å². The van der Waals surface area contributed by atoms with Crippen LogP contribution >= 0.6 is 68.4 Å². The van der Waals surface area contributed by atoms with Gasteiger partial charge in [0.1, 0.15) is 42.5 Å². The van der Waals surface area contributed by atoms with E-state index in [2.05, 4.69) is 147 Å². The average Bonchev–Trinajstić information content (AvgIpc) is 4.55. The fourth-order valence-electron chi connectivity index (χ4n) is 3.80. The highest BCUT2D eigenvalue weighted by Gasteiger charge is 1.74. The van der Waals surface area contributed by atoms with Crippen LogP contribution in [0, 0.1) is 0 Å². The Hall–Kier alpha value is -12.2. The number of thiophene rings is 3. The Kier molecular flexibility index (Phi) is 70.5. The molecule has 1 aliphatic heterocycles. The van der Waals surface area contributed by atoms with Crippen molar-refractivity contribution < 1.29 is 31.1 Å². The van der Waals surface area contributed by atoms with Gasteiger partial charge in [-0.25, -0.2) is 24.9 Å². The van der Waals surface area contributed by atoms with Crippen LogP contribution in [0.15, 0.2) is 379 Å². The minimum atomic E-state index is 0. The fraction of sp³-hybridized carbons (Fsp3) is 0.0333. The summed E-state index contributed by atoms with van der Waals surface area (Å²) < 4.78 is 38.2. The third-order valence-electron chi connectivity index (χ3n) is 7.26. The molecule has 18 aromatic heterocycles. The first-order valence-corrected chi connectivity index (χ1v) is 31.7. The number of oxazole rings is 2. The number of H-pyrrole nitrogens is 5. The van der Waals surface area contributed by atoms with Crippen LogP contribution in [0.1, 0.15) is 7.43 Å². The maximum atomic E-state index is 4.58. The first-order chi connectivity index (χ1) is 47.5. The quantitative estimate of drug-likeness (QED) is 0.0941. The van der Waals surface area contributed by atoms with E-state index in [1.54, 1.807) is 186 Å². The van der Waals surface area contributed by atoms with Crippen molar-refractivity contribution in [3.8, 4) is 0 Å². The van der Waals surface area contributed by atoms with E-state index in [1.807, 2.05) is 166 Å². The Bertz CT molecular complexity index is 2330. The van der Waals surface area contributed by atoms with Crippen LogP contribution in [-0.4, -0.2) is 124 Å². The average molecular weight is 1420 g/mol. The number of nitrogens with one attached hydrogen (secondary N) is 5. The Labute approximate surface area is 576 Å². The highest BCUT2D eigenvalue weighted by Crippen LogP contribution is 1.93. The molecule has 0 saturated carbocycles. The predicted octanol–water partition coefficient (Wildman–Crippen LogP) is 15.6. The van der Waals surface area contributed by atoms with Crippen LogP contribution in [0.2, 0.25) is 0 Å². The second kappa shape index (κ2) is 80.8. The summed E-state index contributed by atoms with van der Waals surface area (Å²) >= 11 is 9.33. The smallest absolute Gasteiger partial charge is 0.235 e. The van der Waals surface area contributed by atoms with Crippen LogP contribution in [0.25, 0.3) is 0 Å². The van der Waals surface area contributed by atoms with E-state index < -0.39 is 0 Å². The standard InChI is InChI=1S/2C4H5N.3C4H4O.3C4H4S.3C3H4N2.3C3H3NO.C3H3NS.C2H3N3.C2H2N2S.CHN3O.CHN3S.CH4/c8*1-2-4-5-3-1;2*1-2-5-3-4-1;1-2-4-5-3-1;2*1-2-5-3-4-1;1-2-4-5-3-1;1-2-5-3-4-1;1-2-4-5-3-1;1-3-2-5-4-1;2*1-2-3-4-5-1;/h2*1-5H;6*1-4H;1,3H,2H2;2*1-3H,(H,4,5);4*1-3H;1-2H,(H,3,4,5);1-2H;2*1H;1H4. The normalized spacial score (nSPS) is 8.42. The highest BCUT2D eigenvalue weighted by molar-refractivity contribution is 7.08. The maximum absolute atomic E-state index is 4.58. The van der Waals surface area contributed by atoms with Gasteiger partial charge in [0.25, 0.3) is 0 Å². The molecule has 30 nitrogen and oxygen atoms in total. The van der Waals surface area contributed by atoms with E-state index in [0.29, 0.717) is 0 Å². The molecule has 502 valence electrons. The number of imidazole rings is 1. The summed E-state index contributed by atoms with van der Waals surface area (Å²) in [7, 11) is 0. The predicted molar refractivity (Wildman–Crippen MR) is 374 cm³/mol. The number of thiazole rings is 1. The van der Waals surface area contributed by atoms with Crippen LogP contribution in [-0.2, 0) is 0 Å². The lowest BCUT2D eigenvalue weighted by molar-refractivity contribution is 0.392. The van der Waals surface area contributed by atoms with Gasteiger partial charge in [-0.05, 0) is 127 Å². The van der Waals surface area contributed by atoms with Crippen molar-refractivity contribution in [2.24, 2.45) is 9.98 Å². The number of aromatic amines is 5. The first-order valence-electron chi connectivity index (χ1n) is 26.3. The van der Waals surface area contributed by atoms with Crippen molar-refractivity contribution in [2.75, 3.05) is 6.54 Å². The second-order valence-corrected chi connectivity index (χ2v) is 18.2. The number of aromatic nitrogens is 21. The van der Waals surface area contributed by atoms with E-state index in [0.717, 1.165) is 12.9 Å². The van der Waals surface area contributed by atoms with Crippen molar-refractivity contribution in [1.82, 2.24) is 105 Å². The number of hydrogen-bond donors (Lipinski definition) is 5. The zero-order valence-corrected chi connectivity index (χ0v) is 54.9. The van der Waals surface area contributed by atoms with Crippen molar-refractivity contribution in [3.63, 3.8) is 0 Å². The van der Waals surface area contributed by atoms with E-state index in [9.17, 15) is 0 Å². The number of rotatable bonds is 0. The molecule has 0 radical (unpaired) electrons. The molecular formula is C60H69N23O7S6. The molecule has 0 atom stereocenters. The number of aliphatic imine (C=N–C) groups is 2. The van der Waals surface area contributed by atoms with Gasteiger partial charge in [0, 0.05) is 78.9 Å². The van der Waals surface area contributed by atoms with Crippen molar-refractivity contribution in [2.45, 2.75) is 7.43 Å². The second-order valence-electron chi connectivity index (χ2n) is 13.8. The van der Waals surface area contributed by atoms with Crippen molar-refractivity contribution >= 4 is 81.0 Å². The zero-order valence-electron chi connectivity index (χ0n) is 50.1. The lowest BCUT2D eigenvalue weighted by Crippen LogP contribution is -1.65. The third-order valence-corrected chi connectivity index (χ3v) is 10.5. The first kappa shape index (κ1) is 83.8. The molecule has 19 rings (SSSR count). The largest absolute Gasteiger partial charge is 0.473 e. The Morgan fingerprint density at radius 3 is 1.10 bits per heavy atom. The molecule has 19 heterocycles. The maximum Gasteiger partial charge on any atom is 0.235 e. The summed E-state index contributed by atoms with van der Waals surface area (Å²) in [5.41, 5.74) is 5.04. The molecule has 5 N–H and O–H groups in total. The molecule has 0 spiro atoms. The van der Waals surface area contributed by atoms with Gasteiger partial charge in [-0.1, -0.05) is 58.6 Å². The minimum absolute atomic E-state index is 0. The van der Waals surface area contributed by atoms with Gasteiger partial charge < -0.3 is 46.1 Å². The number of furan rings is 3. The van der Waals surface area contributed by atoms with Gasteiger partial charge in [0.2, 0.25) is 6.39 Å². The molecule has 0 bridgehead atoms. The van der Waals surface area contributed by atoms with Gasteiger partial charge in [-0.2, -0.15) is 58.9 Å². The number of hydrogen-bond acceptors (Lipinski definition) is 31. The molecule has 0 aliphatic carbocycles. The Morgan fingerprint density at radius 2 is 0.969 bits per heavy atom. The molecule has 0 fully saturated rings. The van der Waals surface area contributed by atoms with Crippen molar-refractivity contribution in [3.05, 3.63) is 338 Å². The van der Waals surface area contributed by atoms with Gasteiger partial charge >= 0.3 is 0 Å². The molecule has 0 aromatic carbocycles. The Balaban J connectivity index is 0.000000992. The summed E-state index contributed by atoms with van der Waals surface area (Å²) in [6.07, 6.45) is 48.8. The molecule has 0 unspecified atom stereocenters. The van der Waals surface area contributed by atoms with Gasteiger partial charge in [-0.15, -0.1) is 16.4 Å². The van der Waals surface area contributed by atoms with Gasteiger partial charge in [-0.3, -0.25) is 15.1 Å². The summed E-state index contributed by atoms with van der Waals surface area (Å²) in [4.78, 5) is 34.0. The fourth-order valence-corrected chi connectivity index (χ4v) is 5.99. The van der Waals surface area contributed by atoms with Crippen LogP contribution < -0.4 is 0 Å².